The fourth-order valence-corrected chi connectivity index (χ4v) is 2.70. The van der Waals surface area contributed by atoms with Crippen molar-refractivity contribution in [1.82, 2.24) is 4.90 Å². The zero-order valence-electron chi connectivity index (χ0n) is 13.9. The molecular formula is C17H24ClF3N2O2. The minimum Gasteiger partial charge on any atom is -0.378 e. The number of amides is 1. The molecule has 25 heavy (non-hydrogen) atoms. The molecule has 142 valence electrons. The Hall–Kier alpha value is -1.31. The normalized spacial score (nSPS) is 15.8. The van der Waals surface area contributed by atoms with Crippen molar-refractivity contribution < 1.29 is 22.7 Å². The van der Waals surface area contributed by atoms with Crippen LogP contribution in [0.4, 0.5) is 13.2 Å². The number of rotatable bonds is 6. The SMILES string of the molecule is Cl.NCCCOC1CCN(C(=O)Cc2ccc(C(F)(F)F)cc2)CC1. The quantitative estimate of drug-likeness (QED) is 0.772. The Balaban J connectivity index is 0.00000312. The van der Waals surface area contributed by atoms with Crippen LogP contribution < -0.4 is 5.73 Å². The Labute approximate surface area is 151 Å². The second-order valence-electron chi connectivity index (χ2n) is 5.96. The zero-order chi connectivity index (χ0) is 17.6. The minimum atomic E-state index is -4.35. The van der Waals surface area contributed by atoms with E-state index in [4.69, 9.17) is 10.5 Å². The van der Waals surface area contributed by atoms with Crippen molar-refractivity contribution in [2.45, 2.75) is 38.0 Å². The molecule has 0 spiro atoms. The summed E-state index contributed by atoms with van der Waals surface area (Å²) in [6.45, 7) is 2.48. The number of carbonyl (C=O) groups is 1. The first kappa shape index (κ1) is 21.7. The molecule has 0 aliphatic carbocycles. The molecule has 0 bridgehead atoms. The Bertz CT molecular complexity index is 530. The number of carbonyl (C=O) groups excluding carboxylic acids is 1. The molecule has 0 saturated carbocycles. The van der Waals surface area contributed by atoms with E-state index in [9.17, 15) is 18.0 Å². The number of hydrogen-bond acceptors (Lipinski definition) is 3. The van der Waals surface area contributed by atoms with Gasteiger partial charge in [-0.25, -0.2) is 0 Å². The largest absolute Gasteiger partial charge is 0.416 e. The molecule has 1 saturated heterocycles. The predicted octanol–water partition coefficient (Wildman–Crippen LogP) is 3.03. The summed E-state index contributed by atoms with van der Waals surface area (Å²) in [4.78, 5) is 14.0. The van der Waals surface area contributed by atoms with Gasteiger partial charge in [0.15, 0.2) is 0 Å². The number of piperidine rings is 1. The Kier molecular flexibility index (Phi) is 8.68. The Morgan fingerprint density at radius 3 is 2.32 bits per heavy atom. The van der Waals surface area contributed by atoms with E-state index in [2.05, 4.69) is 0 Å². The van der Waals surface area contributed by atoms with Gasteiger partial charge in [0.25, 0.3) is 0 Å². The lowest BCUT2D eigenvalue weighted by Gasteiger charge is -2.32. The van der Waals surface area contributed by atoms with Crippen LogP contribution in [-0.2, 0) is 22.1 Å². The third-order valence-corrected chi connectivity index (χ3v) is 4.13. The van der Waals surface area contributed by atoms with E-state index in [1.165, 1.54) is 12.1 Å². The topological polar surface area (TPSA) is 55.6 Å². The predicted molar refractivity (Wildman–Crippen MR) is 91.6 cm³/mol. The van der Waals surface area contributed by atoms with Crippen molar-refractivity contribution in [1.29, 1.82) is 0 Å². The number of benzene rings is 1. The lowest BCUT2D eigenvalue weighted by atomic mass is 10.0. The highest BCUT2D eigenvalue weighted by Gasteiger charge is 2.30. The molecule has 2 rings (SSSR count). The van der Waals surface area contributed by atoms with Crippen molar-refractivity contribution >= 4 is 18.3 Å². The van der Waals surface area contributed by atoms with Gasteiger partial charge in [-0.05, 0) is 43.5 Å². The highest BCUT2D eigenvalue weighted by Crippen LogP contribution is 2.29. The number of halogens is 4. The molecule has 4 nitrogen and oxygen atoms in total. The van der Waals surface area contributed by atoms with Crippen LogP contribution in [0.25, 0.3) is 0 Å². The number of nitrogens with zero attached hydrogens (tertiary/aromatic N) is 1. The van der Waals surface area contributed by atoms with E-state index in [1.54, 1.807) is 4.90 Å². The van der Waals surface area contributed by atoms with E-state index in [0.717, 1.165) is 31.4 Å². The summed E-state index contributed by atoms with van der Waals surface area (Å²) in [7, 11) is 0. The maximum Gasteiger partial charge on any atom is 0.416 e. The molecule has 1 aromatic rings. The maximum atomic E-state index is 12.5. The van der Waals surface area contributed by atoms with Crippen LogP contribution >= 0.6 is 12.4 Å². The van der Waals surface area contributed by atoms with Crippen LogP contribution in [0.2, 0.25) is 0 Å². The second-order valence-corrected chi connectivity index (χ2v) is 5.96. The lowest BCUT2D eigenvalue weighted by molar-refractivity contribution is -0.137. The molecule has 1 aromatic carbocycles. The summed E-state index contributed by atoms with van der Waals surface area (Å²) in [5.74, 6) is -0.0600. The van der Waals surface area contributed by atoms with Gasteiger partial charge in [0, 0.05) is 19.7 Å². The third-order valence-electron chi connectivity index (χ3n) is 4.13. The minimum absolute atomic E-state index is 0. The Morgan fingerprint density at radius 1 is 1.20 bits per heavy atom. The highest BCUT2D eigenvalue weighted by molar-refractivity contribution is 5.85. The first-order valence-corrected chi connectivity index (χ1v) is 8.15. The van der Waals surface area contributed by atoms with Gasteiger partial charge >= 0.3 is 6.18 Å². The molecule has 0 radical (unpaired) electrons. The average molecular weight is 381 g/mol. The summed E-state index contributed by atoms with van der Waals surface area (Å²) in [6, 6.07) is 4.76. The number of nitrogens with two attached hydrogens (primary N) is 1. The number of ether oxygens (including phenoxy) is 1. The molecule has 2 N–H and O–H groups in total. The molecule has 0 unspecified atom stereocenters. The molecule has 1 fully saturated rings. The van der Waals surface area contributed by atoms with Gasteiger partial charge in [0.05, 0.1) is 18.1 Å². The van der Waals surface area contributed by atoms with E-state index in [1.807, 2.05) is 0 Å². The maximum absolute atomic E-state index is 12.5. The average Bonchev–Trinajstić information content (AvgIpc) is 2.55. The van der Waals surface area contributed by atoms with Gasteiger partial charge < -0.3 is 15.4 Å². The fourth-order valence-electron chi connectivity index (χ4n) is 2.70. The first-order valence-electron chi connectivity index (χ1n) is 8.15. The van der Waals surface area contributed by atoms with Crippen LogP contribution in [0, 0.1) is 0 Å². The molecule has 1 aliphatic heterocycles. The van der Waals surface area contributed by atoms with Gasteiger partial charge in [-0.1, -0.05) is 12.1 Å². The summed E-state index contributed by atoms with van der Waals surface area (Å²) < 4.78 is 43.3. The van der Waals surface area contributed by atoms with E-state index >= 15 is 0 Å². The van der Waals surface area contributed by atoms with Crippen molar-refractivity contribution in [3.8, 4) is 0 Å². The molecule has 8 heteroatoms. The Morgan fingerprint density at radius 2 is 1.80 bits per heavy atom. The molecule has 1 amide bonds. The van der Waals surface area contributed by atoms with Gasteiger partial charge in [0.1, 0.15) is 0 Å². The molecule has 1 heterocycles. The smallest absolute Gasteiger partial charge is 0.378 e. The molecule has 0 atom stereocenters. The van der Waals surface area contributed by atoms with Crippen LogP contribution in [0.5, 0.6) is 0 Å². The molecule has 0 aromatic heterocycles. The van der Waals surface area contributed by atoms with Gasteiger partial charge in [0.2, 0.25) is 5.91 Å². The van der Waals surface area contributed by atoms with Gasteiger partial charge in [-0.2, -0.15) is 13.2 Å². The van der Waals surface area contributed by atoms with Gasteiger partial charge in [-0.3, -0.25) is 4.79 Å². The highest BCUT2D eigenvalue weighted by atomic mass is 35.5. The monoisotopic (exact) mass is 380 g/mol. The van der Waals surface area contributed by atoms with Crippen LogP contribution in [0.3, 0.4) is 0 Å². The van der Waals surface area contributed by atoms with E-state index in [0.29, 0.717) is 31.8 Å². The number of hydrogen-bond donors (Lipinski definition) is 1. The van der Waals surface area contributed by atoms with Crippen LogP contribution in [-0.4, -0.2) is 43.2 Å². The summed E-state index contributed by atoms with van der Waals surface area (Å²) in [6.07, 6.45) is -1.68. The zero-order valence-corrected chi connectivity index (χ0v) is 14.7. The number of likely N-dealkylation sites (tertiary alicyclic amines) is 1. The summed E-state index contributed by atoms with van der Waals surface area (Å²) in [5, 5.41) is 0. The second kappa shape index (κ2) is 9.99. The van der Waals surface area contributed by atoms with Gasteiger partial charge in [-0.15, -0.1) is 12.4 Å². The summed E-state index contributed by atoms with van der Waals surface area (Å²) in [5.41, 5.74) is 5.31. The van der Waals surface area contributed by atoms with Crippen LogP contribution in [0.15, 0.2) is 24.3 Å². The van der Waals surface area contributed by atoms with Crippen molar-refractivity contribution in [2.75, 3.05) is 26.2 Å². The van der Waals surface area contributed by atoms with Crippen molar-refractivity contribution in [3.05, 3.63) is 35.4 Å². The lowest BCUT2D eigenvalue weighted by Crippen LogP contribution is -2.41. The first-order chi connectivity index (χ1) is 11.4. The molecular weight excluding hydrogens is 357 g/mol. The van der Waals surface area contributed by atoms with Crippen LogP contribution in [0.1, 0.15) is 30.4 Å². The molecule has 1 aliphatic rings. The van der Waals surface area contributed by atoms with E-state index < -0.39 is 11.7 Å². The van der Waals surface area contributed by atoms with Crippen molar-refractivity contribution in [3.63, 3.8) is 0 Å². The standard InChI is InChI=1S/C17H23F3N2O2.ClH/c18-17(19,20)14-4-2-13(3-5-14)12-16(23)22-9-6-15(7-10-22)24-11-1-8-21;/h2-5,15H,1,6-12,21H2;1H. The summed E-state index contributed by atoms with van der Waals surface area (Å²) >= 11 is 0. The number of alkyl halides is 3. The fraction of sp³-hybridized carbons (Fsp3) is 0.588. The van der Waals surface area contributed by atoms with E-state index in [-0.39, 0.29) is 30.8 Å². The van der Waals surface area contributed by atoms with Crippen molar-refractivity contribution in [2.24, 2.45) is 5.73 Å². The third kappa shape index (κ3) is 6.84.